The minimum Gasteiger partial charge on any atom is -0.468 e. The van der Waals surface area contributed by atoms with E-state index >= 15 is 0 Å². The molecule has 0 spiro atoms. The molecule has 0 saturated carbocycles. The van der Waals surface area contributed by atoms with Crippen molar-refractivity contribution in [1.29, 1.82) is 0 Å². The third-order valence-corrected chi connectivity index (χ3v) is 3.36. The number of thiol groups is 2. The van der Waals surface area contributed by atoms with Gasteiger partial charge in [-0.05, 0) is 6.92 Å². The molecular weight excluding hydrogens is 324 g/mol. The van der Waals surface area contributed by atoms with Crippen molar-refractivity contribution in [3.05, 3.63) is 0 Å². The Balaban J connectivity index is 4.62. The number of ether oxygens (including phenoxy) is 1. The summed E-state index contributed by atoms with van der Waals surface area (Å²) in [4.78, 5) is 35.3. The first-order chi connectivity index (χ1) is 10.1. The smallest absolute Gasteiger partial charge is 0.315 e. The first kappa shape index (κ1) is 21.1. The Morgan fingerprint density at radius 1 is 1.00 bits per heavy atom. The van der Waals surface area contributed by atoms with Gasteiger partial charge in [-0.1, -0.05) is 13.8 Å². The molecule has 0 aliphatic heterocycles. The molecule has 2 N–H and O–H groups in total. The minimum atomic E-state index is -1.03. The van der Waals surface area contributed by atoms with Crippen LogP contribution in [-0.2, 0) is 19.1 Å². The molecule has 128 valence electrons. The van der Waals surface area contributed by atoms with Crippen LogP contribution in [0.4, 0.5) is 0 Å². The summed E-state index contributed by atoms with van der Waals surface area (Å²) in [6.45, 7) is 5.40. The number of amides is 2. The van der Waals surface area contributed by atoms with Gasteiger partial charge in [0.1, 0.15) is 0 Å². The van der Waals surface area contributed by atoms with E-state index < -0.39 is 11.4 Å². The van der Waals surface area contributed by atoms with E-state index in [1.807, 2.05) is 0 Å². The van der Waals surface area contributed by atoms with Gasteiger partial charge in [-0.25, -0.2) is 0 Å². The maximum absolute atomic E-state index is 11.9. The van der Waals surface area contributed by atoms with Crippen molar-refractivity contribution >= 4 is 43.0 Å². The molecule has 22 heavy (non-hydrogen) atoms. The standard InChI is InChI=1S/C14H26N2O4S2/c1-9(21)5-11(17)15-7-14(3,13(19)20-4)8-16-12(18)6-10(2)22/h9-10,21-22H,5-8H2,1-4H3,(H,15,17)(H,16,18). The number of nitrogens with one attached hydrogen (secondary N) is 2. The number of esters is 1. The predicted octanol–water partition coefficient (Wildman–Crippen LogP) is 0.815. The predicted molar refractivity (Wildman–Crippen MR) is 92.3 cm³/mol. The molecule has 0 bridgehead atoms. The van der Waals surface area contributed by atoms with Gasteiger partial charge in [0.05, 0.1) is 12.5 Å². The Morgan fingerprint density at radius 3 is 1.64 bits per heavy atom. The number of carbonyl (C=O) groups excluding carboxylic acids is 3. The van der Waals surface area contributed by atoms with E-state index in [4.69, 9.17) is 4.74 Å². The Hall–Kier alpha value is -0.890. The fraction of sp³-hybridized carbons (Fsp3) is 0.786. The number of hydrogen-bond acceptors (Lipinski definition) is 6. The number of methoxy groups -OCH3 is 1. The van der Waals surface area contributed by atoms with Crippen LogP contribution in [0, 0.1) is 5.41 Å². The van der Waals surface area contributed by atoms with Gasteiger partial charge < -0.3 is 15.4 Å². The van der Waals surface area contributed by atoms with Gasteiger partial charge in [-0.2, -0.15) is 25.3 Å². The highest BCUT2D eigenvalue weighted by molar-refractivity contribution is 7.81. The normalized spacial score (nSPS) is 16.1. The lowest BCUT2D eigenvalue weighted by Gasteiger charge is -2.27. The molecule has 0 radical (unpaired) electrons. The summed E-state index contributed by atoms with van der Waals surface area (Å²) in [5.41, 5.74) is -1.03. The SMILES string of the molecule is COC(=O)C(C)(CNC(=O)CC(C)S)CNC(=O)CC(C)S. The van der Waals surface area contributed by atoms with Crippen LogP contribution in [0.5, 0.6) is 0 Å². The zero-order valence-electron chi connectivity index (χ0n) is 13.5. The average Bonchev–Trinajstić information content (AvgIpc) is 2.40. The van der Waals surface area contributed by atoms with Crippen molar-refractivity contribution in [2.45, 2.75) is 44.1 Å². The van der Waals surface area contributed by atoms with Crippen molar-refractivity contribution < 1.29 is 19.1 Å². The summed E-state index contributed by atoms with van der Waals surface area (Å²) in [5, 5.41) is 5.22. The quantitative estimate of drug-likeness (QED) is 0.366. The molecule has 2 unspecified atom stereocenters. The second kappa shape index (κ2) is 9.99. The Kier molecular flexibility index (Phi) is 9.59. The second-order valence-corrected chi connectivity index (χ2v) is 7.48. The highest BCUT2D eigenvalue weighted by atomic mass is 32.1. The molecule has 0 aliphatic carbocycles. The van der Waals surface area contributed by atoms with E-state index in [2.05, 4.69) is 35.9 Å². The molecule has 8 heteroatoms. The van der Waals surface area contributed by atoms with E-state index in [1.54, 1.807) is 20.8 Å². The van der Waals surface area contributed by atoms with Gasteiger partial charge in [0.2, 0.25) is 11.8 Å². The summed E-state index contributed by atoms with van der Waals surface area (Å²) in [6, 6.07) is 0. The summed E-state index contributed by atoms with van der Waals surface area (Å²) in [5.74, 6) is -0.896. The fourth-order valence-corrected chi connectivity index (χ4v) is 2.05. The summed E-state index contributed by atoms with van der Waals surface area (Å²) < 4.78 is 4.77. The highest BCUT2D eigenvalue weighted by Crippen LogP contribution is 2.17. The van der Waals surface area contributed by atoms with Gasteiger partial charge in [0, 0.05) is 36.4 Å². The number of carbonyl (C=O) groups is 3. The zero-order chi connectivity index (χ0) is 17.3. The first-order valence-corrected chi connectivity index (χ1v) is 8.12. The van der Waals surface area contributed by atoms with Crippen LogP contribution >= 0.6 is 25.3 Å². The molecule has 0 aliphatic rings. The van der Waals surface area contributed by atoms with Crippen molar-refractivity contribution in [2.75, 3.05) is 20.2 Å². The Morgan fingerprint density at radius 2 is 1.36 bits per heavy atom. The molecular formula is C14H26N2O4S2. The molecule has 6 nitrogen and oxygen atoms in total. The topological polar surface area (TPSA) is 84.5 Å². The average molecular weight is 351 g/mol. The van der Waals surface area contributed by atoms with Crippen molar-refractivity contribution in [3.63, 3.8) is 0 Å². The van der Waals surface area contributed by atoms with E-state index in [-0.39, 0.29) is 48.2 Å². The lowest BCUT2D eigenvalue weighted by atomic mass is 9.90. The summed E-state index contributed by atoms with van der Waals surface area (Å²) in [7, 11) is 1.27. The Bertz CT molecular complexity index is 374. The lowest BCUT2D eigenvalue weighted by molar-refractivity contribution is -0.151. The van der Waals surface area contributed by atoms with Crippen LogP contribution in [0.15, 0.2) is 0 Å². The van der Waals surface area contributed by atoms with Gasteiger partial charge in [-0.3, -0.25) is 14.4 Å². The Labute approximate surface area is 142 Å². The summed E-state index contributed by atoms with van der Waals surface area (Å²) in [6.07, 6.45) is 0.508. The van der Waals surface area contributed by atoms with Gasteiger partial charge in [0.25, 0.3) is 0 Å². The molecule has 0 rings (SSSR count). The van der Waals surface area contributed by atoms with Crippen molar-refractivity contribution in [2.24, 2.45) is 5.41 Å². The molecule has 0 aromatic carbocycles. The maximum atomic E-state index is 11.9. The third kappa shape index (κ3) is 8.53. The molecule has 2 atom stereocenters. The summed E-state index contributed by atoms with van der Waals surface area (Å²) >= 11 is 8.29. The lowest BCUT2D eigenvalue weighted by Crippen LogP contribution is -2.49. The monoisotopic (exact) mass is 350 g/mol. The van der Waals surface area contributed by atoms with E-state index in [0.29, 0.717) is 0 Å². The number of rotatable bonds is 9. The molecule has 0 saturated heterocycles. The first-order valence-electron chi connectivity index (χ1n) is 7.08. The van der Waals surface area contributed by atoms with Gasteiger partial charge in [0.15, 0.2) is 0 Å². The third-order valence-electron chi connectivity index (χ3n) is 2.99. The maximum Gasteiger partial charge on any atom is 0.315 e. The van der Waals surface area contributed by atoms with Crippen molar-refractivity contribution in [3.8, 4) is 0 Å². The zero-order valence-corrected chi connectivity index (χ0v) is 15.3. The number of hydrogen-bond donors (Lipinski definition) is 4. The fourth-order valence-electron chi connectivity index (χ4n) is 1.72. The van der Waals surface area contributed by atoms with Crippen LogP contribution in [0.1, 0.15) is 33.6 Å². The van der Waals surface area contributed by atoms with Gasteiger partial charge >= 0.3 is 5.97 Å². The van der Waals surface area contributed by atoms with E-state index in [0.717, 1.165) is 0 Å². The molecule has 0 fully saturated rings. The van der Waals surface area contributed by atoms with Crippen LogP contribution in [-0.4, -0.2) is 48.5 Å². The van der Waals surface area contributed by atoms with Gasteiger partial charge in [-0.15, -0.1) is 0 Å². The largest absolute Gasteiger partial charge is 0.468 e. The van der Waals surface area contributed by atoms with E-state index in [9.17, 15) is 14.4 Å². The van der Waals surface area contributed by atoms with Crippen LogP contribution < -0.4 is 10.6 Å². The molecule has 0 aromatic rings. The second-order valence-electron chi connectivity index (χ2n) is 5.71. The molecule has 2 amide bonds. The van der Waals surface area contributed by atoms with Crippen LogP contribution in [0.2, 0.25) is 0 Å². The van der Waals surface area contributed by atoms with Crippen LogP contribution in [0.3, 0.4) is 0 Å². The minimum absolute atomic E-state index is 0.0686. The molecule has 0 heterocycles. The van der Waals surface area contributed by atoms with E-state index in [1.165, 1.54) is 7.11 Å². The molecule has 0 aromatic heterocycles. The highest BCUT2D eigenvalue weighted by Gasteiger charge is 2.35. The van der Waals surface area contributed by atoms with Crippen LogP contribution in [0.25, 0.3) is 0 Å². The van der Waals surface area contributed by atoms with Crippen molar-refractivity contribution in [1.82, 2.24) is 10.6 Å².